The SMILES string of the molecule is Cc1cc(C=C2SCCN(CC(=O)O)C2C=O)cc(C)c1O. The van der Waals surface area contributed by atoms with E-state index in [4.69, 9.17) is 5.11 Å². The largest absolute Gasteiger partial charge is 0.507 e. The Bertz CT molecular complexity index is 604. The first kappa shape index (κ1) is 16.6. The third-order valence-electron chi connectivity index (χ3n) is 3.62. The van der Waals surface area contributed by atoms with E-state index < -0.39 is 12.0 Å². The fourth-order valence-electron chi connectivity index (χ4n) is 2.55. The molecule has 1 aliphatic heterocycles. The number of carbonyl (C=O) groups excluding carboxylic acids is 1. The number of thioether (sulfide) groups is 1. The smallest absolute Gasteiger partial charge is 0.317 e. The number of carbonyl (C=O) groups is 2. The van der Waals surface area contributed by atoms with Crippen LogP contribution in [0.2, 0.25) is 0 Å². The maximum absolute atomic E-state index is 11.4. The fraction of sp³-hybridized carbons (Fsp3) is 0.375. The van der Waals surface area contributed by atoms with Crippen molar-refractivity contribution in [3.05, 3.63) is 33.7 Å². The number of hydrogen-bond acceptors (Lipinski definition) is 5. The molecule has 22 heavy (non-hydrogen) atoms. The van der Waals surface area contributed by atoms with Crippen LogP contribution in [-0.2, 0) is 9.59 Å². The van der Waals surface area contributed by atoms with Crippen molar-refractivity contribution in [2.45, 2.75) is 19.9 Å². The molecule has 0 spiro atoms. The second-order valence-electron chi connectivity index (χ2n) is 5.34. The molecule has 1 aliphatic rings. The molecule has 2 rings (SSSR count). The molecule has 5 nitrogen and oxygen atoms in total. The second-order valence-corrected chi connectivity index (χ2v) is 6.51. The number of rotatable bonds is 4. The van der Waals surface area contributed by atoms with Crippen LogP contribution < -0.4 is 0 Å². The van der Waals surface area contributed by atoms with E-state index >= 15 is 0 Å². The van der Waals surface area contributed by atoms with Gasteiger partial charge in [-0.3, -0.25) is 9.69 Å². The van der Waals surface area contributed by atoms with Gasteiger partial charge in [0.05, 0.1) is 12.6 Å². The number of aryl methyl sites for hydroxylation is 2. The van der Waals surface area contributed by atoms with Crippen molar-refractivity contribution in [1.82, 2.24) is 4.90 Å². The van der Waals surface area contributed by atoms with Crippen molar-refractivity contribution < 1.29 is 19.8 Å². The van der Waals surface area contributed by atoms with Gasteiger partial charge in [-0.1, -0.05) is 0 Å². The van der Waals surface area contributed by atoms with Crippen molar-refractivity contribution in [2.75, 3.05) is 18.8 Å². The summed E-state index contributed by atoms with van der Waals surface area (Å²) in [6.45, 7) is 4.08. The van der Waals surface area contributed by atoms with Crippen molar-refractivity contribution in [2.24, 2.45) is 0 Å². The van der Waals surface area contributed by atoms with Gasteiger partial charge >= 0.3 is 5.97 Å². The zero-order valence-corrected chi connectivity index (χ0v) is 13.4. The van der Waals surface area contributed by atoms with E-state index in [-0.39, 0.29) is 12.3 Å². The highest BCUT2D eigenvalue weighted by atomic mass is 32.2. The topological polar surface area (TPSA) is 77.8 Å². The van der Waals surface area contributed by atoms with Gasteiger partial charge < -0.3 is 15.0 Å². The van der Waals surface area contributed by atoms with E-state index in [2.05, 4.69) is 0 Å². The van der Waals surface area contributed by atoms with Gasteiger partial charge in [-0.2, -0.15) is 0 Å². The number of hydrogen-bond donors (Lipinski definition) is 2. The van der Waals surface area contributed by atoms with Crippen LogP contribution in [0.25, 0.3) is 6.08 Å². The van der Waals surface area contributed by atoms with Crippen LogP contribution in [0.1, 0.15) is 16.7 Å². The average Bonchev–Trinajstić information content (AvgIpc) is 2.44. The van der Waals surface area contributed by atoms with Crippen LogP contribution in [-0.4, -0.2) is 52.3 Å². The van der Waals surface area contributed by atoms with E-state index in [1.165, 1.54) is 0 Å². The minimum absolute atomic E-state index is 0.144. The van der Waals surface area contributed by atoms with Gasteiger partial charge in [0.15, 0.2) is 0 Å². The van der Waals surface area contributed by atoms with E-state index in [1.54, 1.807) is 16.7 Å². The summed E-state index contributed by atoms with van der Waals surface area (Å²) in [5, 5.41) is 18.8. The van der Waals surface area contributed by atoms with Gasteiger partial charge in [0, 0.05) is 17.2 Å². The minimum atomic E-state index is -0.936. The number of nitrogens with zero attached hydrogens (tertiary/aromatic N) is 1. The van der Waals surface area contributed by atoms with Crippen molar-refractivity contribution in [1.29, 1.82) is 0 Å². The number of aromatic hydroxyl groups is 1. The molecular weight excluding hydrogens is 302 g/mol. The molecule has 1 aromatic rings. The first-order chi connectivity index (χ1) is 10.4. The molecule has 0 aromatic heterocycles. The van der Waals surface area contributed by atoms with E-state index in [0.29, 0.717) is 6.54 Å². The standard InChI is InChI=1S/C16H19NO4S/c1-10-5-12(6-11(2)16(10)21)7-14-13(9-18)17(3-4-22-14)8-15(19)20/h5-7,9,13,21H,3-4,8H2,1-2H3,(H,19,20). The highest BCUT2D eigenvalue weighted by Crippen LogP contribution is 2.31. The number of phenols is 1. The Hall–Kier alpha value is -1.79. The molecule has 1 aromatic carbocycles. The monoisotopic (exact) mass is 321 g/mol. The van der Waals surface area contributed by atoms with Crippen molar-refractivity contribution in [3.8, 4) is 5.75 Å². The zero-order valence-electron chi connectivity index (χ0n) is 12.6. The predicted molar refractivity (Wildman–Crippen MR) is 87.1 cm³/mol. The Morgan fingerprint density at radius 2 is 2.05 bits per heavy atom. The molecule has 1 heterocycles. The maximum Gasteiger partial charge on any atom is 0.317 e. The molecule has 118 valence electrons. The van der Waals surface area contributed by atoms with E-state index in [1.807, 2.05) is 32.1 Å². The lowest BCUT2D eigenvalue weighted by Crippen LogP contribution is -2.44. The average molecular weight is 321 g/mol. The highest BCUT2D eigenvalue weighted by molar-refractivity contribution is 8.03. The lowest BCUT2D eigenvalue weighted by atomic mass is 10.0. The van der Waals surface area contributed by atoms with Gasteiger partial charge in [-0.25, -0.2) is 0 Å². The summed E-state index contributed by atoms with van der Waals surface area (Å²) in [6.07, 6.45) is 2.69. The molecule has 0 saturated carbocycles. The minimum Gasteiger partial charge on any atom is -0.507 e. The van der Waals surface area contributed by atoms with Gasteiger partial charge in [0.1, 0.15) is 12.0 Å². The Labute approximate surface area is 133 Å². The number of aliphatic carboxylic acids is 1. The second kappa shape index (κ2) is 6.98. The number of carboxylic acids is 1. The Morgan fingerprint density at radius 1 is 1.41 bits per heavy atom. The molecule has 1 fully saturated rings. The molecule has 1 unspecified atom stereocenters. The zero-order chi connectivity index (χ0) is 16.3. The molecular formula is C16H19NO4S. The maximum atomic E-state index is 11.4. The summed E-state index contributed by atoms with van der Waals surface area (Å²) in [5.74, 6) is 0.0896. The first-order valence-electron chi connectivity index (χ1n) is 6.98. The third-order valence-corrected chi connectivity index (χ3v) is 4.70. The summed E-state index contributed by atoms with van der Waals surface area (Å²) in [6, 6.07) is 3.19. The van der Waals surface area contributed by atoms with Gasteiger partial charge in [0.25, 0.3) is 0 Å². The number of benzene rings is 1. The summed E-state index contributed by atoms with van der Waals surface area (Å²) >= 11 is 1.57. The van der Waals surface area contributed by atoms with Crippen molar-refractivity contribution >= 4 is 30.1 Å². The van der Waals surface area contributed by atoms with E-state index in [0.717, 1.165) is 33.6 Å². The highest BCUT2D eigenvalue weighted by Gasteiger charge is 2.28. The molecule has 0 radical (unpaired) electrons. The molecule has 0 aliphatic carbocycles. The molecule has 0 bridgehead atoms. The van der Waals surface area contributed by atoms with Crippen LogP contribution in [0.15, 0.2) is 17.0 Å². The van der Waals surface area contributed by atoms with Crippen LogP contribution in [0.5, 0.6) is 5.75 Å². The lowest BCUT2D eigenvalue weighted by molar-refractivity contribution is -0.138. The van der Waals surface area contributed by atoms with Crippen LogP contribution >= 0.6 is 11.8 Å². The van der Waals surface area contributed by atoms with Gasteiger partial charge in [-0.05, 0) is 48.7 Å². The third kappa shape index (κ3) is 3.69. The number of aldehydes is 1. The summed E-state index contributed by atoms with van der Waals surface area (Å²) < 4.78 is 0. The summed E-state index contributed by atoms with van der Waals surface area (Å²) in [7, 11) is 0. The molecule has 2 N–H and O–H groups in total. The van der Waals surface area contributed by atoms with Gasteiger partial charge in [-0.15, -0.1) is 11.8 Å². The predicted octanol–water partition coefficient (Wildman–Crippen LogP) is 2.05. The Morgan fingerprint density at radius 3 is 2.59 bits per heavy atom. The van der Waals surface area contributed by atoms with Crippen molar-refractivity contribution in [3.63, 3.8) is 0 Å². The Kier molecular flexibility index (Phi) is 5.26. The summed E-state index contributed by atoms with van der Waals surface area (Å²) in [4.78, 5) is 24.8. The number of carboxylic acid groups (broad SMARTS) is 1. The first-order valence-corrected chi connectivity index (χ1v) is 7.96. The van der Waals surface area contributed by atoms with Crippen LogP contribution in [0.4, 0.5) is 0 Å². The normalized spacial score (nSPS) is 21.0. The van der Waals surface area contributed by atoms with Crippen LogP contribution in [0.3, 0.4) is 0 Å². The number of phenolic OH excluding ortho intramolecular Hbond substituents is 1. The molecule has 6 heteroatoms. The molecule has 1 atom stereocenters. The lowest BCUT2D eigenvalue weighted by Gasteiger charge is -2.32. The Balaban J connectivity index is 2.32. The van der Waals surface area contributed by atoms with Crippen LogP contribution in [0, 0.1) is 13.8 Å². The molecule has 0 amide bonds. The van der Waals surface area contributed by atoms with E-state index in [9.17, 15) is 14.7 Å². The quantitative estimate of drug-likeness (QED) is 0.827. The fourth-order valence-corrected chi connectivity index (χ4v) is 3.71. The van der Waals surface area contributed by atoms with Gasteiger partial charge in [0.2, 0.25) is 0 Å². The molecule has 1 saturated heterocycles. The summed E-state index contributed by atoms with van der Waals surface area (Å²) in [5.41, 5.74) is 2.45.